The number of methoxy groups -OCH3 is 10. The molecule has 0 aliphatic carbocycles. The lowest BCUT2D eigenvalue weighted by atomic mass is 9.85. The molecule has 0 N–H and O–H groups in total. The molecule has 388 valence electrons. The normalized spacial score (nSPS) is 18.7. The maximum atomic E-state index is 12.9. The molecule has 0 spiro atoms. The largest absolute Gasteiger partial charge is 0.493 e. The number of quaternary nitrogens is 2. The van der Waals surface area contributed by atoms with Crippen molar-refractivity contribution in [3.63, 3.8) is 0 Å². The zero-order chi connectivity index (χ0) is 52.2. The Morgan fingerprint density at radius 1 is 0.514 bits per heavy atom. The van der Waals surface area contributed by atoms with Gasteiger partial charge in [0.2, 0.25) is 11.5 Å². The second-order valence-electron chi connectivity index (χ2n) is 18.2. The summed E-state index contributed by atoms with van der Waals surface area (Å²) < 4.78 is 69.4. The number of ether oxygens (including phenoxy) is 12. The van der Waals surface area contributed by atoms with E-state index in [1.807, 2.05) is 42.5 Å². The van der Waals surface area contributed by atoms with Crippen LogP contribution in [0.15, 0.2) is 42.5 Å². The second kappa shape index (κ2) is 24.4. The van der Waals surface area contributed by atoms with Gasteiger partial charge in [0.1, 0.15) is 12.1 Å². The lowest BCUT2D eigenvalue weighted by molar-refractivity contribution is -0.941. The number of carbonyl (C=O) groups excluding carboxylic acids is 3. The van der Waals surface area contributed by atoms with E-state index in [-0.39, 0.29) is 25.3 Å². The van der Waals surface area contributed by atoms with Crippen molar-refractivity contribution in [1.82, 2.24) is 0 Å². The Bertz CT molecular complexity index is 2630. The van der Waals surface area contributed by atoms with Crippen LogP contribution in [0.4, 0.5) is 0 Å². The van der Waals surface area contributed by atoms with Crippen LogP contribution < -0.4 is 47.4 Å². The minimum absolute atomic E-state index is 0.0743. The van der Waals surface area contributed by atoms with E-state index in [4.69, 9.17) is 56.8 Å². The quantitative estimate of drug-likeness (QED) is 0.0192. The van der Waals surface area contributed by atoms with Crippen molar-refractivity contribution < 1.29 is 80.2 Å². The van der Waals surface area contributed by atoms with Crippen LogP contribution in [0.2, 0.25) is 0 Å². The summed E-state index contributed by atoms with van der Waals surface area (Å²) in [6, 6.07) is 13.5. The van der Waals surface area contributed by atoms with Gasteiger partial charge in [0, 0.05) is 55.9 Å². The number of aldehydes is 1. The zero-order valence-corrected chi connectivity index (χ0v) is 43.8. The molecule has 2 aliphatic rings. The third-order valence-electron chi connectivity index (χ3n) is 14.2. The van der Waals surface area contributed by atoms with Gasteiger partial charge in [0.25, 0.3) is 0 Å². The Morgan fingerprint density at radius 3 is 1.44 bits per heavy atom. The van der Waals surface area contributed by atoms with Gasteiger partial charge in [-0.15, -0.1) is 0 Å². The van der Waals surface area contributed by atoms with Crippen molar-refractivity contribution in [1.29, 1.82) is 0 Å². The molecule has 0 saturated heterocycles. The van der Waals surface area contributed by atoms with E-state index >= 15 is 0 Å². The number of likely N-dealkylation sites (N-methyl/N-ethyl adjacent to an activating group) is 2. The first kappa shape index (κ1) is 54.3. The molecule has 4 aromatic carbocycles. The molecule has 2 heterocycles. The van der Waals surface area contributed by atoms with Crippen molar-refractivity contribution in [2.75, 3.05) is 125 Å². The summed E-state index contributed by atoms with van der Waals surface area (Å²) >= 11 is 0. The maximum Gasteiger partial charge on any atom is 0.384 e. The Morgan fingerprint density at radius 2 is 0.944 bits per heavy atom. The van der Waals surface area contributed by atoms with Gasteiger partial charge in [0.15, 0.2) is 52.3 Å². The smallest absolute Gasteiger partial charge is 0.384 e. The molecule has 0 radical (unpaired) electrons. The molecular weight excluding hydrogens is 929 g/mol. The van der Waals surface area contributed by atoms with Gasteiger partial charge in [-0.05, 0) is 64.7 Å². The third-order valence-corrected chi connectivity index (χ3v) is 14.2. The number of hydrogen-bond donors (Lipinski definition) is 0. The van der Waals surface area contributed by atoms with Crippen LogP contribution in [0.25, 0.3) is 0 Å². The lowest BCUT2D eigenvalue weighted by Gasteiger charge is -2.46. The predicted molar refractivity (Wildman–Crippen MR) is 268 cm³/mol. The molecule has 0 bridgehead atoms. The summed E-state index contributed by atoms with van der Waals surface area (Å²) in [4.78, 5) is 37.8. The molecule has 0 saturated carbocycles. The SMILES string of the molecule is COc1cc2c(cc1OC)C(Cc1cc(C=O)c(OC)c(OC)c1)[N+](C)(CCCOC(=O)C#CC(=O)OCCC[N+]1(C)CCc3cc(OC)c(OC)c(OC)c3C1Cc1cc(OC)c(OC)c(OC)c1)CC2. The minimum atomic E-state index is -0.820. The summed E-state index contributed by atoms with van der Waals surface area (Å²) in [5.74, 6) is 8.37. The van der Waals surface area contributed by atoms with E-state index in [9.17, 15) is 14.4 Å². The number of rotatable bonds is 23. The lowest BCUT2D eigenvalue weighted by Crippen LogP contribution is -2.52. The molecule has 17 nitrogen and oxygen atoms in total. The highest BCUT2D eigenvalue weighted by atomic mass is 16.6. The molecule has 0 aromatic heterocycles. The van der Waals surface area contributed by atoms with Crippen molar-refractivity contribution in [3.8, 4) is 69.3 Å². The van der Waals surface area contributed by atoms with E-state index in [1.54, 1.807) is 64.0 Å². The number of hydrogen-bond acceptors (Lipinski definition) is 15. The van der Waals surface area contributed by atoms with Crippen molar-refractivity contribution in [2.24, 2.45) is 0 Å². The number of nitrogens with zero attached hydrogens (tertiary/aromatic N) is 2. The average Bonchev–Trinajstić information content (AvgIpc) is 3.40. The molecule has 4 unspecified atom stereocenters. The molecule has 0 amide bonds. The molecule has 2 aliphatic heterocycles. The predicted octanol–water partition coefficient (Wildman–Crippen LogP) is 6.73. The Hall–Kier alpha value is -7.03. The fraction of sp³-hybridized carbons (Fsp3) is 0.473. The van der Waals surface area contributed by atoms with Crippen LogP contribution in [0.3, 0.4) is 0 Å². The van der Waals surface area contributed by atoms with Gasteiger partial charge in [-0.2, -0.15) is 0 Å². The number of esters is 2. The van der Waals surface area contributed by atoms with Crippen LogP contribution >= 0.6 is 0 Å². The Labute approximate surface area is 423 Å². The molecule has 6 rings (SSSR count). The van der Waals surface area contributed by atoms with E-state index in [0.29, 0.717) is 111 Å². The summed E-state index contributed by atoms with van der Waals surface area (Å²) in [6.45, 7) is 3.02. The van der Waals surface area contributed by atoms with Gasteiger partial charge in [-0.25, -0.2) is 9.59 Å². The minimum Gasteiger partial charge on any atom is -0.493 e. The zero-order valence-electron chi connectivity index (χ0n) is 43.8. The second-order valence-corrected chi connectivity index (χ2v) is 18.2. The van der Waals surface area contributed by atoms with Crippen molar-refractivity contribution >= 4 is 18.2 Å². The van der Waals surface area contributed by atoms with E-state index in [2.05, 4.69) is 25.9 Å². The summed E-state index contributed by atoms with van der Waals surface area (Å²) in [6.07, 6.45) is 4.45. The van der Waals surface area contributed by atoms with Gasteiger partial charge in [-0.1, -0.05) is 0 Å². The average molecular weight is 999 g/mol. The van der Waals surface area contributed by atoms with Crippen molar-refractivity contribution in [3.05, 3.63) is 81.4 Å². The van der Waals surface area contributed by atoms with E-state index < -0.39 is 11.9 Å². The van der Waals surface area contributed by atoms with Crippen LogP contribution in [0.1, 0.15) is 68.7 Å². The number of fused-ring (bicyclic) bond motifs is 2. The van der Waals surface area contributed by atoms with Crippen LogP contribution in [-0.4, -0.2) is 152 Å². The Balaban J connectivity index is 1.10. The molecule has 4 atom stereocenters. The van der Waals surface area contributed by atoms with Gasteiger partial charge >= 0.3 is 11.9 Å². The molecule has 17 heteroatoms. The fourth-order valence-electron chi connectivity index (χ4n) is 10.5. The van der Waals surface area contributed by atoms with Gasteiger partial charge in [-0.3, -0.25) is 4.79 Å². The third kappa shape index (κ3) is 11.7. The summed E-state index contributed by atoms with van der Waals surface area (Å²) in [5, 5.41) is 0. The number of benzene rings is 4. The molecular formula is C55H70N2O15+2. The van der Waals surface area contributed by atoms with Crippen LogP contribution in [0, 0.1) is 11.8 Å². The first-order valence-electron chi connectivity index (χ1n) is 23.8. The molecule has 0 fully saturated rings. The van der Waals surface area contributed by atoms with E-state index in [0.717, 1.165) is 65.6 Å². The number of carbonyl (C=O) groups is 3. The summed E-state index contributed by atoms with van der Waals surface area (Å²) in [5.41, 5.74) is 6.58. The van der Waals surface area contributed by atoms with Crippen molar-refractivity contribution in [2.45, 2.75) is 50.6 Å². The summed E-state index contributed by atoms with van der Waals surface area (Å²) in [7, 11) is 20.2. The highest BCUT2D eigenvalue weighted by molar-refractivity contribution is 5.98. The topological polar surface area (TPSA) is 162 Å². The molecule has 72 heavy (non-hydrogen) atoms. The highest BCUT2D eigenvalue weighted by Gasteiger charge is 2.44. The monoisotopic (exact) mass is 998 g/mol. The molecule has 4 aromatic rings. The van der Waals surface area contributed by atoms with E-state index in [1.165, 1.54) is 7.11 Å². The first-order chi connectivity index (χ1) is 34.7. The van der Waals surface area contributed by atoms with Crippen LogP contribution in [-0.2, 0) is 44.7 Å². The fourth-order valence-corrected chi connectivity index (χ4v) is 10.5. The standard InChI is InChI=1S/C55H70N2O15/c1-56(21-17-37-31-43(61-3)44(62-4)33-40(37)41(56)26-35-25-39(34-58)52(67-9)45(28-35)63-5)19-13-23-71-49(59)15-16-50(60)72-24-14-20-57(2)22-18-38-32-48(66-8)54(69-11)55(70-12)51(38)42(57)27-36-29-46(64-6)53(68-10)47(30-36)65-7/h25,28-34,41-42H,13-14,17-24,26-27H2,1-12H3/q+2. The maximum absolute atomic E-state index is 12.9. The first-order valence-corrected chi connectivity index (χ1v) is 23.8. The van der Waals surface area contributed by atoms with Crippen LogP contribution in [0.5, 0.6) is 57.5 Å². The van der Waals surface area contributed by atoms with Gasteiger partial charge in [0.05, 0.1) is 136 Å². The highest BCUT2D eigenvalue weighted by Crippen LogP contribution is 2.51. The Kier molecular flexibility index (Phi) is 18.4. The van der Waals surface area contributed by atoms with Gasteiger partial charge < -0.3 is 65.8 Å².